The van der Waals surface area contributed by atoms with Crippen LogP contribution >= 0.6 is 11.6 Å². The van der Waals surface area contributed by atoms with Gasteiger partial charge in [-0.1, -0.05) is 11.6 Å². The van der Waals surface area contributed by atoms with Crippen LogP contribution in [0, 0.1) is 5.82 Å². The van der Waals surface area contributed by atoms with Gasteiger partial charge in [-0.15, -0.1) is 0 Å². The highest BCUT2D eigenvalue weighted by atomic mass is 35.5. The number of nitrogen functional groups attached to an aromatic ring is 1. The van der Waals surface area contributed by atoms with Crippen molar-refractivity contribution in [2.24, 2.45) is 0 Å². The zero-order chi connectivity index (χ0) is 12.4. The van der Waals surface area contributed by atoms with Crippen molar-refractivity contribution in [3.8, 4) is 0 Å². The van der Waals surface area contributed by atoms with Crippen molar-refractivity contribution in [1.82, 2.24) is 10.2 Å². The second-order valence-electron chi connectivity index (χ2n) is 3.86. The van der Waals surface area contributed by atoms with Crippen LogP contribution in [0.1, 0.15) is 10.4 Å². The molecule has 0 bridgehead atoms. The molecule has 17 heavy (non-hydrogen) atoms. The zero-order valence-electron chi connectivity index (χ0n) is 9.17. The normalized spacial score (nSPS) is 16.0. The minimum atomic E-state index is -0.729. The number of rotatable bonds is 1. The third-order valence-corrected chi connectivity index (χ3v) is 3.06. The van der Waals surface area contributed by atoms with Gasteiger partial charge in [-0.05, 0) is 12.1 Å². The van der Waals surface area contributed by atoms with E-state index in [4.69, 9.17) is 17.3 Å². The molecule has 1 amide bonds. The molecule has 1 aliphatic rings. The summed E-state index contributed by atoms with van der Waals surface area (Å²) in [7, 11) is 0. The lowest BCUT2D eigenvalue weighted by atomic mass is 10.1. The smallest absolute Gasteiger partial charge is 0.256 e. The summed E-state index contributed by atoms with van der Waals surface area (Å²) in [5.74, 6) is -0.979. The summed E-state index contributed by atoms with van der Waals surface area (Å²) in [5, 5.41) is 3.07. The number of nitrogens with two attached hydrogens (primary N) is 1. The van der Waals surface area contributed by atoms with E-state index in [9.17, 15) is 9.18 Å². The minimum Gasteiger partial charge on any atom is -0.396 e. The highest BCUT2D eigenvalue weighted by Gasteiger charge is 2.22. The van der Waals surface area contributed by atoms with E-state index in [0.717, 1.165) is 13.1 Å². The highest BCUT2D eigenvalue weighted by Crippen LogP contribution is 2.25. The van der Waals surface area contributed by atoms with Gasteiger partial charge in [0.05, 0.1) is 16.3 Å². The lowest BCUT2D eigenvalue weighted by molar-refractivity contribution is 0.0736. The number of nitrogens with zero attached hydrogens (tertiary/aromatic N) is 1. The maximum Gasteiger partial charge on any atom is 0.256 e. The van der Waals surface area contributed by atoms with Gasteiger partial charge in [0.25, 0.3) is 5.91 Å². The van der Waals surface area contributed by atoms with Gasteiger partial charge in [0.2, 0.25) is 0 Å². The van der Waals surface area contributed by atoms with Gasteiger partial charge in [-0.25, -0.2) is 4.39 Å². The molecule has 6 heteroatoms. The number of halogens is 2. The molecule has 0 aromatic heterocycles. The summed E-state index contributed by atoms with van der Waals surface area (Å²) in [5.41, 5.74) is 5.56. The fraction of sp³-hybridized carbons (Fsp3) is 0.364. The average molecular weight is 258 g/mol. The molecular formula is C11H13ClFN3O. The van der Waals surface area contributed by atoms with Crippen LogP contribution in [0.25, 0.3) is 0 Å². The van der Waals surface area contributed by atoms with Crippen molar-refractivity contribution in [1.29, 1.82) is 0 Å². The summed E-state index contributed by atoms with van der Waals surface area (Å²) in [6.07, 6.45) is 0. The molecule has 2 rings (SSSR count). The van der Waals surface area contributed by atoms with Crippen LogP contribution < -0.4 is 11.1 Å². The molecule has 92 valence electrons. The number of benzene rings is 1. The molecule has 0 atom stereocenters. The van der Waals surface area contributed by atoms with Crippen molar-refractivity contribution >= 4 is 23.2 Å². The van der Waals surface area contributed by atoms with E-state index < -0.39 is 5.82 Å². The van der Waals surface area contributed by atoms with Gasteiger partial charge in [0, 0.05) is 26.2 Å². The third kappa shape index (κ3) is 2.35. The van der Waals surface area contributed by atoms with Crippen LogP contribution in [0.2, 0.25) is 5.02 Å². The molecule has 1 heterocycles. The van der Waals surface area contributed by atoms with Crippen LogP contribution in [0.5, 0.6) is 0 Å². The Labute approximate surface area is 104 Å². The van der Waals surface area contributed by atoms with E-state index in [1.807, 2.05) is 0 Å². The largest absolute Gasteiger partial charge is 0.396 e. The number of amides is 1. The van der Waals surface area contributed by atoms with Crippen LogP contribution in [0.4, 0.5) is 10.1 Å². The molecule has 0 aliphatic carbocycles. The third-order valence-electron chi connectivity index (χ3n) is 2.77. The molecule has 1 aromatic rings. The number of carbonyl (C=O) groups excluding carboxylic acids is 1. The van der Waals surface area contributed by atoms with E-state index >= 15 is 0 Å². The topological polar surface area (TPSA) is 58.4 Å². The first kappa shape index (κ1) is 12.1. The molecule has 0 saturated carbocycles. The van der Waals surface area contributed by atoms with Crippen LogP contribution in [-0.4, -0.2) is 37.0 Å². The van der Waals surface area contributed by atoms with Crippen molar-refractivity contribution in [2.45, 2.75) is 0 Å². The average Bonchev–Trinajstić information content (AvgIpc) is 2.36. The van der Waals surface area contributed by atoms with Gasteiger partial charge < -0.3 is 16.0 Å². The molecule has 1 aliphatic heterocycles. The number of carbonyl (C=O) groups is 1. The van der Waals surface area contributed by atoms with Crippen LogP contribution in [0.15, 0.2) is 12.1 Å². The molecule has 0 spiro atoms. The van der Waals surface area contributed by atoms with Crippen molar-refractivity contribution in [3.63, 3.8) is 0 Å². The lowest BCUT2D eigenvalue weighted by Gasteiger charge is -2.27. The maximum atomic E-state index is 13.5. The van der Waals surface area contributed by atoms with E-state index in [-0.39, 0.29) is 22.2 Å². The summed E-state index contributed by atoms with van der Waals surface area (Å²) in [4.78, 5) is 13.7. The lowest BCUT2D eigenvalue weighted by Crippen LogP contribution is -2.46. The predicted octanol–water partition coefficient (Wildman–Crippen LogP) is 1.11. The Balaban J connectivity index is 2.27. The van der Waals surface area contributed by atoms with Crippen molar-refractivity contribution in [2.75, 3.05) is 31.9 Å². The van der Waals surface area contributed by atoms with E-state index in [1.54, 1.807) is 4.90 Å². The van der Waals surface area contributed by atoms with Crippen LogP contribution in [-0.2, 0) is 0 Å². The van der Waals surface area contributed by atoms with Crippen LogP contribution in [0.3, 0.4) is 0 Å². The standard InChI is InChI=1S/C11H13ClFN3O/c12-8-2-1-7(10(14)9(8)13)11(17)16-5-3-15-4-6-16/h1-2,15H,3-6,14H2. The SMILES string of the molecule is Nc1c(C(=O)N2CCNCC2)ccc(Cl)c1F. The van der Waals surface area contributed by atoms with E-state index in [2.05, 4.69) is 5.32 Å². The summed E-state index contributed by atoms with van der Waals surface area (Å²) >= 11 is 5.59. The van der Waals surface area contributed by atoms with Gasteiger partial charge >= 0.3 is 0 Å². The first-order valence-electron chi connectivity index (χ1n) is 5.34. The first-order chi connectivity index (χ1) is 8.11. The molecule has 3 N–H and O–H groups in total. The van der Waals surface area contributed by atoms with E-state index in [0.29, 0.717) is 13.1 Å². The Kier molecular flexibility index (Phi) is 3.49. The predicted molar refractivity (Wildman–Crippen MR) is 64.6 cm³/mol. The summed E-state index contributed by atoms with van der Waals surface area (Å²) in [6.45, 7) is 2.68. The van der Waals surface area contributed by atoms with Crippen molar-refractivity contribution in [3.05, 3.63) is 28.5 Å². The highest BCUT2D eigenvalue weighted by molar-refractivity contribution is 6.31. The minimum absolute atomic E-state index is 0.0700. The molecule has 1 aromatic carbocycles. The quantitative estimate of drug-likeness (QED) is 0.741. The molecule has 1 fully saturated rings. The van der Waals surface area contributed by atoms with Crippen molar-refractivity contribution < 1.29 is 9.18 Å². The zero-order valence-corrected chi connectivity index (χ0v) is 9.93. The fourth-order valence-corrected chi connectivity index (χ4v) is 1.96. The second-order valence-corrected chi connectivity index (χ2v) is 4.27. The number of hydrogen-bond donors (Lipinski definition) is 2. The maximum absolute atomic E-state index is 13.5. The number of nitrogens with one attached hydrogen (secondary N) is 1. The Bertz CT molecular complexity index is 447. The van der Waals surface area contributed by atoms with E-state index in [1.165, 1.54) is 12.1 Å². The van der Waals surface area contributed by atoms with Gasteiger partial charge in [0.1, 0.15) is 0 Å². The Morgan fingerprint density at radius 3 is 2.71 bits per heavy atom. The summed E-state index contributed by atoms with van der Waals surface area (Å²) < 4.78 is 13.5. The molecule has 0 unspecified atom stereocenters. The van der Waals surface area contributed by atoms with Gasteiger partial charge in [0.15, 0.2) is 5.82 Å². The molecule has 0 radical (unpaired) electrons. The van der Waals surface area contributed by atoms with Gasteiger partial charge in [-0.2, -0.15) is 0 Å². The Morgan fingerprint density at radius 1 is 1.41 bits per heavy atom. The number of piperazine rings is 1. The Hall–Kier alpha value is -1.33. The summed E-state index contributed by atoms with van der Waals surface area (Å²) in [6, 6.07) is 2.81. The monoisotopic (exact) mass is 257 g/mol. The fourth-order valence-electron chi connectivity index (χ4n) is 1.79. The molecular weight excluding hydrogens is 245 g/mol. The number of anilines is 1. The first-order valence-corrected chi connectivity index (χ1v) is 5.72. The van der Waals surface area contributed by atoms with Gasteiger partial charge in [-0.3, -0.25) is 4.79 Å². The molecule has 4 nitrogen and oxygen atoms in total. The molecule has 1 saturated heterocycles. The second kappa shape index (κ2) is 4.89. The number of hydrogen-bond acceptors (Lipinski definition) is 3. The Morgan fingerprint density at radius 2 is 2.06 bits per heavy atom.